The Labute approximate surface area is 106 Å². The fraction of sp³-hybridized carbons (Fsp3) is 0.538. The van der Waals surface area contributed by atoms with E-state index in [0.29, 0.717) is 12.1 Å². The first kappa shape index (κ1) is 11.9. The monoisotopic (exact) mass is 283 g/mol. The summed E-state index contributed by atoms with van der Waals surface area (Å²) in [6, 6.07) is 6.74. The average molecular weight is 284 g/mol. The molecular weight excluding hydrogens is 266 g/mol. The predicted molar refractivity (Wildman–Crippen MR) is 69.9 cm³/mol. The van der Waals surface area contributed by atoms with Crippen LogP contribution in [-0.4, -0.2) is 12.6 Å². The Kier molecular flexibility index (Phi) is 3.87. The standard InChI is InChI=1S/C13H18BrNO/c1-3-10-8-12(15-4-2)11-6-5-9(14)7-13(11)16-10/h5-7,10,12,15H,3-4,8H2,1-2H3. The minimum atomic E-state index is 0.339. The lowest BCUT2D eigenvalue weighted by atomic mass is 9.95. The second-order valence-electron chi connectivity index (χ2n) is 4.18. The molecule has 0 bridgehead atoms. The molecular formula is C13H18BrNO. The van der Waals surface area contributed by atoms with Crippen molar-refractivity contribution in [3.63, 3.8) is 0 Å². The van der Waals surface area contributed by atoms with E-state index in [2.05, 4.69) is 53.3 Å². The largest absolute Gasteiger partial charge is 0.490 e. The first-order valence-electron chi connectivity index (χ1n) is 5.94. The van der Waals surface area contributed by atoms with Gasteiger partial charge in [0, 0.05) is 22.5 Å². The molecule has 3 heteroatoms. The number of fused-ring (bicyclic) bond motifs is 1. The van der Waals surface area contributed by atoms with E-state index in [9.17, 15) is 0 Å². The maximum Gasteiger partial charge on any atom is 0.125 e. The molecule has 0 aromatic heterocycles. The summed E-state index contributed by atoms with van der Waals surface area (Å²) in [6.07, 6.45) is 2.47. The third kappa shape index (κ3) is 2.41. The highest BCUT2D eigenvalue weighted by Crippen LogP contribution is 2.37. The zero-order valence-electron chi connectivity index (χ0n) is 9.79. The third-order valence-electron chi connectivity index (χ3n) is 3.05. The van der Waals surface area contributed by atoms with Crippen LogP contribution < -0.4 is 10.1 Å². The van der Waals surface area contributed by atoms with Gasteiger partial charge in [-0.3, -0.25) is 0 Å². The average Bonchev–Trinajstić information content (AvgIpc) is 2.28. The second-order valence-corrected chi connectivity index (χ2v) is 5.09. The van der Waals surface area contributed by atoms with Crippen molar-refractivity contribution in [2.24, 2.45) is 0 Å². The number of halogens is 1. The molecule has 2 atom stereocenters. The summed E-state index contributed by atoms with van der Waals surface area (Å²) in [5, 5.41) is 3.53. The van der Waals surface area contributed by atoms with Gasteiger partial charge in [0.25, 0.3) is 0 Å². The fourth-order valence-electron chi connectivity index (χ4n) is 2.21. The van der Waals surface area contributed by atoms with Gasteiger partial charge < -0.3 is 10.1 Å². The number of benzene rings is 1. The van der Waals surface area contributed by atoms with Crippen LogP contribution in [0.1, 0.15) is 38.3 Å². The molecule has 1 aliphatic rings. The molecule has 16 heavy (non-hydrogen) atoms. The predicted octanol–water partition coefficient (Wildman–Crippen LogP) is 3.66. The lowest BCUT2D eigenvalue weighted by Crippen LogP contribution is -2.32. The Balaban J connectivity index is 2.30. The van der Waals surface area contributed by atoms with Crippen LogP contribution in [0.3, 0.4) is 0 Å². The minimum absolute atomic E-state index is 0.339. The Morgan fingerprint density at radius 3 is 2.94 bits per heavy atom. The van der Waals surface area contributed by atoms with Crippen molar-refractivity contribution in [1.82, 2.24) is 5.32 Å². The number of hydrogen-bond donors (Lipinski definition) is 1. The molecule has 0 fully saturated rings. The maximum atomic E-state index is 5.97. The van der Waals surface area contributed by atoms with Crippen LogP contribution in [-0.2, 0) is 0 Å². The van der Waals surface area contributed by atoms with Gasteiger partial charge >= 0.3 is 0 Å². The van der Waals surface area contributed by atoms with Crippen LogP contribution in [0, 0.1) is 0 Å². The van der Waals surface area contributed by atoms with Gasteiger partial charge in [0.15, 0.2) is 0 Å². The molecule has 88 valence electrons. The van der Waals surface area contributed by atoms with Crippen molar-refractivity contribution >= 4 is 15.9 Å². The van der Waals surface area contributed by atoms with Gasteiger partial charge in [0.1, 0.15) is 11.9 Å². The molecule has 0 saturated carbocycles. The zero-order chi connectivity index (χ0) is 11.5. The van der Waals surface area contributed by atoms with Gasteiger partial charge in [-0.1, -0.05) is 35.8 Å². The molecule has 2 rings (SSSR count). The molecule has 1 aromatic rings. The van der Waals surface area contributed by atoms with Crippen molar-refractivity contribution in [2.45, 2.75) is 38.8 Å². The van der Waals surface area contributed by atoms with E-state index in [0.717, 1.165) is 29.6 Å². The number of rotatable bonds is 3. The van der Waals surface area contributed by atoms with Gasteiger partial charge in [0.05, 0.1) is 0 Å². The summed E-state index contributed by atoms with van der Waals surface area (Å²) in [5.41, 5.74) is 1.29. The molecule has 2 unspecified atom stereocenters. The highest BCUT2D eigenvalue weighted by atomic mass is 79.9. The molecule has 2 nitrogen and oxygen atoms in total. The van der Waals surface area contributed by atoms with Crippen LogP contribution in [0.15, 0.2) is 22.7 Å². The van der Waals surface area contributed by atoms with E-state index in [1.807, 2.05) is 0 Å². The number of nitrogens with one attached hydrogen (secondary N) is 1. The van der Waals surface area contributed by atoms with Gasteiger partial charge in [0.2, 0.25) is 0 Å². The van der Waals surface area contributed by atoms with Crippen molar-refractivity contribution in [3.8, 4) is 5.75 Å². The van der Waals surface area contributed by atoms with E-state index in [-0.39, 0.29) is 0 Å². The molecule has 1 aromatic carbocycles. The van der Waals surface area contributed by atoms with E-state index in [4.69, 9.17) is 4.74 Å². The SMILES string of the molecule is CCNC1CC(CC)Oc2cc(Br)ccc21. The van der Waals surface area contributed by atoms with Crippen LogP contribution in [0.25, 0.3) is 0 Å². The van der Waals surface area contributed by atoms with Gasteiger partial charge in [-0.05, 0) is 25.1 Å². The molecule has 0 spiro atoms. The molecule has 1 aliphatic heterocycles. The van der Waals surface area contributed by atoms with Crippen LogP contribution in [0.4, 0.5) is 0 Å². The van der Waals surface area contributed by atoms with Crippen molar-refractivity contribution in [3.05, 3.63) is 28.2 Å². The quantitative estimate of drug-likeness (QED) is 0.914. The molecule has 0 aliphatic carbocycles. The van der Waals surface area contributed by atoms with E-state index < -0.39 is 0 Å². The van der Waals surface area contributed by atoms with Crippen LogP contribution in [0.2, 0.25) is 0 Å². The first-order chi connectivity index (χ1) is 7.74. The Morgan fingerprint density at radius 1 is 1.44 bits per heavy atom. The van der Waals surface area contributed by atoms with Crippen LogP contribution in [0.5, 0.6) is 5.75 Å². The van der Waals surface area contributed by atoms with E-state index in [1.54, 1.807) is 0 Å². The molecule has 0 amide bonds. The van der Waals surface area contributed by atoms with Crippen molar-refractivity contribution < 1.29 is 4.74 Å². The lowest BCUT2D eigenvalue weighted by Gasteiger charge is -2.32. The van der Waals surface area contributed by atoms with E-state index >= 15 is 0 Å². The minimum Gasteiger partial charge on any atom is -0.490 e. The van der Waals surface area contributed by atoms with Gasteiger partial charge in [-0.15, -0.1) is 0 Å². The van der Waals surface area contributed by atoms with Crippen molar-refractivity contribution in [1.29, 1.82) is 0 Å². The van der Waals surface area contributed by atoms with Gasteiger partial charge in [-0.2, -0.15) is 0 Å². The summed E-state index contributed by atoms with van der Waals surface area (Å²) in [6.45, 7) is 5.32. The maximum absolute atomic E-state index is 5.97. The summed E-state index contributed by atoms with van der Waals surface area (Å²) in [7, 11) is 0. The summed E-state index contributed by atoms with van der Waals surface area (Å²) < 4.78 is 7.05. The van der Waals surface area contributed by atoms with Crippen LogP contribution >= 0.6 is 15.9 Å². The van der Waals surface area contributed by atoms with Gasteiger partial charge in [-0.25, -0.2) is 0 Å². The van der Waals surface area contributed by atoms with Crippen molar-refractivity contribution in [2.75, 3.05) is 6.54 Å². The molecule has 1 heterocycles. The Bertz CT molecular complexity index is 367. The Morgan fingerprint density at radius 2 is 2.25 bits per heavy atom. The topological polar surface area (TPSA) is 21.3 Å². The van der Waals surface area contributed by atoms with E-state index in [1.165, 1.54) is 5.56 Å². The number of ether oxygens (including phenoxy) is 1. The molecule has 1 N–H and O–H groups in total. The number of hydrogen-bond acceptors (Lipinski definition) is 2. The highest BCUT2D eigenvalue weighted by Gasteiger charge is 2.26. The molecule has 0 saturated heterocycles. The lowest BCUT2D eigenvalue weighted by molar-refractivity contribution is 0.146. The smallest absolute Gasteiger partial charge is 0.125 e. The fourth-order valence-corrected chi connectivity index (χ4v) is 2.55. The second kappa shape index (κ2) is 5.19. The third-order valence-corrected chi connectivity index (χ3v) is 3.54. The Hall–Kier alpha value is -0.540. The summed E-state index contributed by atoms with van der Waals surface area (Å²) in [4.78, 5) is 0. The molecule has 0 radical (unpaired) electrons. The highest BCUT2D eigenvalue weighted by molar-refractivity contribution is 9.10. The first-order valence-corrected chi connectivity index (χ1v) is 6.73. The zero-order valence-corrected chi connectivity index (χ0v) is 11.4. The summed E-state index contributed by atoms with van der Waals surface area (Å²) in [5.74, 6) is 1.03. The summed E-state index contributed by atoms with van der Waals surface area (Å²) >= 11 is 3.49. The normalized spacial score (nSPS) is 23.7.